The number of amides is 1. The lowest BCUT2D eigenvalue weighted by Gasteiger charge is -2.09. The van der Waals surface area contributed by atoms with E-state index in [9.17, 15) is 18.7 Å². The Hall–Kier alpha value is -2.27. The average Bonchev–Trinajstić information content (AvgIpc) is 2.44. The zero-order valence-electron chi connectivity index (χ0n) is 11.4. The molecule has 2 aromatic rings. The molecule has 0 saturated carbocycles. The van der Waals surface area contributed by atoms with Gasteiger partial charge < -0.3 is 10.4 Å². The van der Waals surface area contributed by atoms with Crippen LogP contribution < -0.4 is 5.32 Å². The Balaban J connectivity index is 2.08. The van der Waals surface area contributed by atoms with Crippen LogP contribution in [0.5, 0.6) is 0 Å². The molecule has 0 heterocycles. The Bertz CT molecular complexity index is 656. The lowest BCUT2D eigenvalue weighted by atomic mass is 10.1. The number of aliphatic hydroxyl groups is 1. The molecule has 21 heavy (non-hydrogen) atoms. The number of rotatable bonds is 4. The van der Waals surface area contributed by atoms with E-state index in [1.54, 1.807) is 31.2 Å². The van der Waals surface area contributed by atoms with Crippen molar-refractivity contribution >= 4 is 11.6 Å². The van der Waals surface area contributed by atoms with Gasteiger partial charge in [-0.25, -0.2) is 8.78 Å². The lowest BCUT2D eigenvalue weighted by molar-refractivity contribution is -0.115. The highest BCUT2D eigenvalue weighted by molar-refractivity contribution is 5.92. The standard InChI is InChI=1S/C16H15F2NO2/c1-10(20)11-4-2-6-13(8-11)19-15(21)9-12-5-3-7-14(17)16(12)18/h2-8,10,20H,9H2,1H3,(H,19,21). The largest absolute Gasteiger partial charge is 0.389 e. The van der Waals surface area contributed by atoms with E-state index in [1.807, 2.05) is 0 Å². The molecule has 2 rings (SSSR count). The monoisotopic (exact) mass is 291 g/mol. The van der Waals surface area contributed by atoms with E-state index in [1.165, 1.54) is 12.1 Å². The molecule has 1 atom stereocenters. The molecule has 1 unspecified atom stereocenters. The first-order chi connectivity index (χ1) is 9.97. The molecule has 0 aliphatic heterocycles. The zero-order chi connectivity index (χ0) is 15.4. The summed E-state index contributed by atoms with van der Waals surface area (Å²) in [5.41, 5.74) is 1.15. The summed E-state index contributed by atoms with van der Waals surface area (Å²) in [5, 5.41) is 12.1. The van der Waals surface area contributed by atoms with E-state index in [4.69, 9.17) is 0 Å². The van der Waals surface area contributed by atoms with Gasteiger partial charge in [0.1, 0.15) is 0 Å². The van der Waals surface area contributed by atoms with Gasteiger partial charge in [-0.05, 0) is 30.7 Å². The van der Waals surface area contributed by atoms with Gasteiger partial charge >= 0.3 is 0 Å². The van der Waals surface area contributed by atoms with Crippen LogP contribution in [-0.2, 0) is 11.2 Å². The molecule has 2 aromatic carbocycles. The van der Waals surface area contributed by atoms with Crippen molar-refractivity contribution in [2.24, 2.45) is 0 Å². The topological polar surface area (TPSA) is 49.3 Å². The van der Waals surface area contributed by atoms with Gasteiger partial charge in [-0.15, -0.1) is 0 Å². The van der Waals surface area contributed by atoms with Gasteiger partial charge in [-0.3, -0.25) is 4.79 Å². The van der Waals surface area contributed by atoms with Crippen molar-refractivity contribution in [1.29, 1.82) is 0 Å². The molecule has 0 aliphatic rings. The first-order valence-electron chi connectivity index (χ1n) is 6.48. The SMILES string of the molecule is CC(O)c1cccc(NC(=O)Cc2cccc(F)c2F)c1. The maximum atomic E-state index is 13.5. The number of aliphatic hydroxyl groups excluding tert-OH is 1. The third-order valence-corrected chi connectivity index (χ3v) is 3.04. The van der Waals surface area contributed by atoms with Gasteiger partial charge in [0.25, 0.3) is 0 Å². The van der Waals surface area contributed by atoms with Crippen LogP contribution >= 0.6 is 0 Å². The minimum atomic E-state index is -1.01. The molecular formula is C16H15F2NO2. The molecule has 0 aromatic heterocycles. The molecule has 0 fully saturated rings. The Kier molecular flexibility index (Phi) is 4.65. The van der Waals surface area contributed by atoms with Gasteiger partial charge in [-0.1, -0.05) is 24.3 Å². The number of anilines is 1. The van der Waals surface area contributed by atoms with Crippen molar-refractivity contribution in [1.82, 2.24) is 0 Å². The molecule has 0 spiro atoms. The zero-order valence-corrected chi connectivity index (χ0v) is 11.4. The van der Waals surface area contributed by atoms with Crippen LogP contribution in [0.25, 0.3) is 0 Å². The van der Waals surface area contributed by atoms with Crippen molar-refractivity contribution < 1.29 is 18.7 Å². The fourth-order valence-corrected chi connectivity index (χ4v) is 1.94. The van der Waals surface area contributed by atoms with Crippen molar-refractivity contribution in [3.05, 3.63) is 65.2 Å². The number of carbonyl (C=O) groups excluding carboxylic acids is 1. The number of halogens is 2. The predicted molar refractivity (Wildman–Crippen MR) is 75.8 cm³/mol. The average molecular weight is 291 g/mol. The molecule has 110 valence electrons. The lowest BCUT2D eigenvalue weighted by Crippen LogP contribution is -2.15. The maximum Gasteiger partial charge on any atom is 0.228 e. The van der Waals surface area contributed by atoms with Gasteiger partial charge in [0.05, 0.1) is 12.5 Å². The van der Waals surface area contributed by atoms with Crippen LogP contribution in [0, 0.1) is 11.6 Å². The summed E-state index contributed by atoms with van der Waals surface area (Å²) in [6.07, 6.45) is -0.912. The van der Waals surface area contributed by atoms with Crippen LogP contribution in [0.2, 0.25) is 0 Å². The van der Waals surface area contributed by atoms with Gasteiger partial charge in [-0.2, -0.15) is 0 Å². The summed E-state index contributed by atoms with van der Waals surface area (Å²) < 4.78 is 26.5. The van der Waals surface area contributed by atoms with Crippen molar-refractivity contribution in [3.8, 4) is 0 Å². The van der Waals surface area contributed by atoms with Crippen LogP contribution in [-0.4, -0.2) is 11.0 Å². The molecule has 5 heteroatoms. The summed E-state index contributed by atoms with van der Waals surface area (Å²) >= 11 is 0. The van der Waals surface area contributed by atoms with Crippen molar-refractivity contribution in [3.63, 3.8) is 0 Å². The van der Waals surface area contributed by atoms with Crippen LogP contribution in [0.3, 0.4) is 0 Å². The molecular weight excluding hydrogens is 276 g/mol. The molecule has 0 saturated heterocycles. The molecule has 1 amide bonds. The third-order valence-electron chi connectivity index (χ3n) is 3.04. The second-order valence-corrected chi connectivity index (χ2v) is 4.74. The number of hydrogen-bond donors (Lipinski definition) is 2. The number of benzene rings is 2. The highest BCUT2D eigenvalue weighted by Gasteiger charge is 2.12. The maximum absolute atomic E-state index is 13.5. The summed E-state index contributed by atoms with van der Waals surface area (Å²) in [6, 6.07) is 10.4. The van der Waals surface area contributed by atoms with Crippen LogP contribution in [0.4, 0.5) is 14.5 Å². The fraction of sp³-hybridized carbons (Fsp3) is 0.188. The molecule has 3 nitrogen and oxygen atoms in total. The number of nitrogens with one attached hydrogen (secondary N) is 1. The van der Waals surface area contributed by atoms with E-state index in [2.05, 4.69) is 5.32 Å². The molecule has 0 aliphatic carbocycles. The number of carbonyl (C=O) groups is 1. The molecule has 2 N–H and O–H groups in total. The first kappa shape index (κ1) is 15.1. The fourth-order valence-electron chi connectivity index (χ4n) is 1.94. The Labute approximate surface area is 121 Å². The quantitative estimate of drug-likeness (QED) is 0.909. The van der Waals surface area contributed by atoms with E-state index < -0.39 is 23.6 Å². The highest BCUT2D eigenvalue weighted by Crippen LogP contribution is 2.18. The normalized spacial score (nSPS) is 12.0. The van der Waals surface area contributed by atoms with E-state index in [-0.39, 0.29) is 12.0 Å². The second-order valence-electron chi connectivity index (χ2n) is 4.74. The van der Waals surface area contributed by atoms with Crippen molar-refractivity contribution in [2.45, 2.75) is 19.4 Å². The molecule has 0 radical (unpaired) electrons. The summed E-state index contributed by atoms with van der Waals surface area (Å²) in [7, 11) is 0. The minimum Gasteiger partial charge on any atom is -0.389 e. The summed E-state index contributed by atoms with van der Waals surface area (Å²) in [4.78, 5) is 11.9. The number of hydrogen-bond acceptors (Lipinski definition) is 2. The van der Waals surface area contributed by atoms with Crippen molar-refractivity contribution in [2.75, 3.05) is 5.32 Å². The minimum absolute atomic E-state index is 0.000758. The van der Waals surface area contributed by atoms with Crippen LogP contribution in [0.1, 0.15) is 24.2 Å². The summed E-state index contributed by atoms with van der Waals surface area (Å²) in [6.45, 7) is 1.61. The Morgan fingerprint density at radius 3 is 2.67 bits per heavy atom. The Morgan fingerprint density at radius 2 is 1.95 bits per heavy atom. The van der Waals surface area contributed by atoms with Crippen LogP contribution in [0.15, 0.2) is 42.5 Å². The molecule has 0 bridgehead atoms. The predicted octanol–water partition coefficient (Wildman–Crippen LogP) is 3.20. The second kappa shape index (κ2) is 6.45. The van der Waals surface area contributed by atoms with Gasteiger partial charge in [0.15, 0.2) is 11.6 Å². The third kappa shape index (κ3) is 3.86. The highest BCUT2D eigenvalue weighted by atomic mass is 19.2. The van der Waals surface area contributed by atoms with E-state index >= 15 is 0 Å². The summed E-state index contributed by atoms with van der Waals surface area (Å²) in [5.74, 6) is -2.44. The Morgan fingerprint density at radius 1 is 1.24 bits per heavy atom. The van der Waals surface area contributed by atoms with Gasteiger partial charge in [0.2, 0.25) is 5.91 Å². The van der Waals surface area contributed by atoms with E-state index in [0.29, 0.717) is 11.3 Å². The smallest absolute Gasteiger partial charge is 0.228 e. The van der Waals surface area contributed by atoms with Gasteiger partial charge in [0, 0.05) is 11.3 Å². The first-order valence-corrected chi connectivity index (χ1v) is 6.48. The van der Waals surface area contributed by atoms with E-state index in [0.717, 1.165) is 6.07 Å².